The van der Waals surface area contributed by atoms with Gasteiger partial charge in [0.1, 0.15) is 0 Å². The normalized spacial score (nSPS) is 13.4. The summed E-state index contributed by atoms with van der Waals surface area (Å²) in [6, 6.07) is 60.9. The molecule has 0 aromatic heterocycles. The summed E-state index contributed by atoms with van der Waals surface area (Å²) in [5, 5.41) is 0. The van der Waals surface area contributed by atoms with Crippen LogP contribution in [0.2, 0.25) is 0 Å². The number of rotatable bonds is 4. The van der Waals surface area contributed by atoms with Crippen molar-refractivity contribution in [3.05, 3.63) is 175 Å². The first kappa shape index (κ1) is 33.1. The Morgan fingerprint density at radius 2 is 0.736 bits per heavy atom. The van der Waals surface area contributed by atoms with E-state index in [2.05, 4.69) is 215 Å². The van der Waals surface area contributed by atoms with Crippen molar-refractivity contribution < 1.29 is 0 Å². The molecular weight excluding hydrogens is 639 g/mol. The first-order valence-corrected chi connectivity index (χ1v) is 18.9. The molecule has 0 atom stereocenters. The first-order valence-electron chi connectivity index (χ1n) is 18.9. The molecule has 0 fully saturated rings. The molecule has 0 radical (unpaired) electrons. The van der Waals surface area contributed by atoms with Crippen molar-refractivity contribution in [3.63, 3.8) is 0 Å². The maximum Gasteiger partial charge on any atom is 0.252 e. The maximum atomic E-state index is 2.50. The van der Waals surface area contributed by atoms with Gasteiger partial charge in [-0.3, -0.25) is 0 Å². The van der Waals surface area contributed by atoms with E-state index in [1.165, 1.54) is 72.5 Å². The summed E-state index contributed by atoms with van der Waals surface area (Å²) in [6.45, 7) is 14.0. The van der Waals surface area contributed by atoms with Crippen LogP contribution < -0.4 is 26.2 Å². The van der Waals surface area contributed by atoms with E-state index in [-0.39, 0.29) is 17.5 Å². The zero-order valence-corrected chi connectivity index (χ0v) is 31.6. The Morgan fingerprint density at radius 1 is 0.358 bits per heavy atom. The van der Waals surface area contributed by atoms with Gasteiger partial charge in [0.05, 0.1) is 0 Å². The number of nitrogens with zero attached hydrogens (tertiary/aromatic N) is 2. The lowest BCUT2D eigenvalue weighted by Gasteiger charge is -2.44. The van der Waals surface area contributed by atoms with Gasteiger partial charge in [0.2, 0.25) is 0 Å². The molecule has 0 N–H and O–H groups in total. The zero-order valence-electron chi connectivity index (χ0n) is 31.6. The molecule has 7 aromatic carbocycles. The Bertz CT molecular complexity index is 2280. The van der Waals surface area contributed by atoms with Crippen molar-refractivity contribution in [2.75, 3.05) is 9.80 Å². The smallest absolute Gasteiger partial charge is 0.252 e. The second kappa shape index (κ2) is 12.4. The summed E-state index contributed by atoms with van der Waals surface area (Å²) < 4.78 is 0. The lowest BCUT2D eigenvalue weighted by Crippen LogP contribution is -2.61. The van der Waals surface area contributed by atoms with Crippen LogP contribution in [0.4, 0.5) is 34.1 Å². The van der Waals surface area contributed by atoms with Crippen LogP contribution in [-0.2, 0) is 10.8 Å². The van der Waals surface area contributed by atoms with Crippen molar-refractivity contribution in [1.82, 2.24) is 0 Å². The standard InChI is InChI=1S/C50H45BN2/c1-49(2,3)38-24-30-44-42(32-38)51-43-33-39(50(4,5)6)25-31-45(43)53(41-28-22-37(23-29-41)35-16-11-8-12-17-35)47-19-13-18-46(48(47)51)52(44)40-26-20-36(21-27-40)34-14-9-7-10-15-34/h7-33H,1-6H3. The second-order valence-electron chi connectivity index (χ2n) is 16.7. The molecular formula is C50H45BN2. The SMILES string of the molecule is CC(C)(C)c1ccc2c(c1)B1c3cc(C(C)(C)C)ccc3N(c3ccc(-c4ccccc4)cc3)c3cccc(c31)N2c1ccc(-c2ccccc2)cc1. The molecule has 0 bridgehead atoms. The van der Waals surface area contributed by atoms with E-state index in [1.807, 2.05) is 0 Å². The number of fused-ring (bicyclic) bond motifs is 4. The van der Waals surface area contributed by atoms with Crippen LogP contribution in [-0.4, -0.2) is 6.71 Å². The van der Waals surface area contributed by atoms with Crippen molar-refractivity contribution in [2.24, 2.45) is 0 Å². The molecule has 2 aliphatic heterocycles. The molecule has 7 aromatic rings. The fourth-order valence-electron chi connectivity index (χ4n) is 8.30. The topological polar surface area (TPSA) is 6.48 Å². The predicted molar refractivity (Wildman–Crippen MR) is 229 cm³/mol. The van der Waals surface area contributed by atoms with Crippen molar-refractivity contribution in [2.45, 2.75) is 52.4 Å². The molecule has 258 valence electrons. The van der Waals surface area contributed by atoms with Gasteiger partial charge in [0.25, 0.3) is 6.71 Å². The molecule has 3 heteroatoms. The Morgan fingerprint density at radius 3 is 1.11 bits per heavy atom. The van der Waals surface area contributed by atoms with Crippen molar-refractivity contribution >= 4 is 57.2 Å². The molecule has 0 spiro atoms. The summed E-state index contributed by atoms with van der Waals surface area (Å²) in [4.78, 5) is 5.00. The van der Waals surface area contributed by atoms with E-state index in [0.29, 0.717) is 0 Å². The van der Waals surface area contributed by atoms with E-state index >= 15 is 0 Å². The molecule has 0 unspecified atom stereocenters. The molecule has 0 saturated heterocycles. The first-order chi connectivity index (χ1) is 25.6. The lowest BCUT2D eigenvalue weighted by atomic mass is 9.33. The number of anilines is 6. The van der Waals surface area contributed by atoms with Gasteiger partial charge in [-0.2, -0.15) is 0 Å². The van der Waals surface area contributed by atoms with Crippen molar-refractivity contribution in [3.8, 4) is 22.3 Å². The minimum atomic E-state index is 0.00821. The van der Waals surface area contributed by atoms with Crippen LogP contribution in [0.5, 0.6) is 0 Å². The number of hydrogen-bond donors (Lipinski definition) is 0. The molecule has 2 aliphatic rings. The van der Waals surface area contributed by atoms with Crippen molar-refractivity contribution in [1.29, 1.82) is 0 Å². The molecule has 53 heavy (non-hydrogen) atoms. The molecule has 2 nitrogen and oxygen atoms in total. The van der Waals surface area contributed by atoms with E-state index in [4.69, 9.17) is 0 Å². The van der Waals surface area contributed by atoms with Crippen LogP contribution in [0.15, 0.2) is 164 Å². The highest BCUT2D eigenvalue weighted by atomic mass is 15.2. The summed E-state index contributed by atoms with van der Waals surface area (Å²) in [5.74, 6) is 0. The third kappa shape index (κ3) is 5.67. The van der Waals surface area contributed by atoms with Crippen LogP contribution in [0, 0.1) is 0 Å². The fourth-order valence-corrected chi connectivity index (χ4v) is 8.30. The number of benzene rings is 7. The minimum absolute atomic E-state index is 0.00821. The highest BCUT2D eigenvalue weighted by Gasteiger charge is 2.44. The largest absolute Gasteiger partial charge is 0.311 e. The molecule has 0 saturated carbocycles. The summed E-state index contributed by atoms with van der Waals surface area (Å²) in [6.07, 6.45) is 0. The van der Waals surface area contributed by atoms with E-state index in [1.54, 1.807) is 0 Å². The predicted octanol–water partition coefficient (Wildman–Crippen LogP) is 11.7. The highest BCUT2D eigenvalue weighted by Crippen LogP contribution is 2.45. The van der Waals surface area contributed by atoms with Gasteiger partial charge in [0.15, 0.2) is 0 Å². The summed E-state index contributed by atoms with van der Waals surface area (Å²) in [7, 11) is 0. The fraction of sp³-hybridized carbons (Fsp3) is 0.160. The highest BCUT2D eigenvalue weighted by molar-refractivity contribution is 7.00. The van der Waals surface area contributed by atoms with E-state index in [0.717, 1.165) is 11.4 Å². The van der Waals surface area contributed by atoms with E-state index < -0.39 is 0 Å². The average molecular weight is 685 g/mol. The minimum Gasteiger partial charge on any atom is -0.311 e. The molecule has 9 rings (SSSR count). The van der Waals surface area contributed by atoms with Crippen LogP contribution >= 0.6 is 0 Å². The van der Waals surface area contributed by atoms with E-state index in [9.17, 15) is 0 Å². The number of hydrogen-bond acceptors (Lipinski definition) is 2. The monoisotopic (exact) mass is 684 g/mol. The molecule has 2 heterocycles. The summed E-state index contributed by atoms with van der Waals surface area (Å²) >= 11 is 0. The Hall–Kier alpha value is -5.80. The molecule has 0 amide bonds. The van der Waals surface area contributed by atoms with Gasteiger partial charge in [-0.1, -0.05) is 157 Å². The van der Waals surface area contributed by atoms with Gasteiger partial charge >= 0.3 is 0 Å². The van der Waals surface area contributed by atoms with Gasteiger partial charge in [0, 0.05) is 34.1 Å². The average Bonchev–Trinajstić information content (AvgIpc) is 3.17. The summed E-state index contributed by atoms with van der Waals surface area (Å²) in [5.41, 5.74) is 18.9. The van der Waals surface area contributed by atoms with Gasteiger partial charge in [-0.05, 0) is 109 Å². The van der Waals surface area contributed by atoms with Crippen LogP contribution in [0.1, 0.15) is 52.7 Å². The quantitative estimate of drug-likeness (QED) is 0.170. The Balaban J connectivity index is 1.29. The second-order valence-corrected chi connectivity index (χ2v) is 16.7. The third-order valence-electron chi connectivity index (χ3n) is 11.2. The van der Waals surface area contributed by atoms with Crippen LogP contribution in [0.3, 0.4) is 0 Å². The zero-order chi connectivity index (χ0) is 36.5. The van der Waals surface area contributed by atoms with Gasteiger partial charge in [-0.25, -0.2) is 0 Å². The lowest BCUT2D eigenvalue weighted by molar-refractivity contribution is 0.590. The van der Waals surface area contributed by atoms with Gasteiger partial charge in [-0.15, -0.1) is 0 Å². The maximum absolute atomic E-state index is 2.50. The Kier molecular flexibility index (Phi) is 7.75. The molecule has 0 aliphatic carbocycles. The third-order valence-corrected chi connectivity index (χ3v) is 11.2. The van der Waals surface area contributed by atoms with Crippen LogP contribution in [0.25, 0.3) is 22.3 Å². The Labute approximate surface area is 315 Å². The van der Waals surface area contributed by atoms with Gasteiger partial charge < -0.3 is 9.80 Å².